The van der Waals surface area contributed by atoms with Crippen LogP contribution in [0.4, 0.5) is 14.5 Å². The SMILES string of the molecule is Cc1ccc(C)c(NC(=S)NN=Cc2ccccc2OC(F)F)c1. The first-order valence-electron chi connectivity index (χ1n) is 7.17. The fourth-order valence-electron chi connectivity index (χ4n) is 1.97. The van der Waals surface area contributed by atoms with Crippen molar-refractivity contribution >= 4 is 29.2 Å². The van der Waals surface area contributed by atoms with Gasteiger partial charge in [-0.2, -0.15) is 13.9 Å². The highest BCUT2D eigenvalue weighted by molar-refractivity contribution is 7.80. The molecule has 2 N–H and O–H groups in total. The van der Waals surface area contributed by atoms with E-state index in [1.165, 1.54) is 12.3 Å². The number of hydrogen-bond donors (Lipinski definition) is 2. The minimum absolute atomic E-state index is 0.0476. The highest BCUT2D eigenvalue weighted by Crippen LogP contribution is 2.18. The standard InChI is InChI=1S/C17H17F2N3OS/c1-11-7-8-12(2)14(9-11)21-17(24)22-20-10-13-5-3-4-6-15(13)23-16(18)19/h3-10,16H,1-2H3,(H2,21,22,24). The Balaban J connectivity index is 1.99. The van der Waals surface area contributed by atoms with Crippen LogP contribution in [0.1, 0.15) is 16.7 Å². The molecule has 2 rings (SSSR count). The molecule has 0 amide bonds. The molecule has 0 radical (unpaired) electrons. The van der Waals surface area contributed by atoms with Crippen molar-refractivity contribution in [1.82, 2.24) is 5.43 Å². The minimum Gasteiger partial charge on any atom is -0.434 e. The third-order valence-electron chi connectivity index (χ3n) is 3.15. The van der Waals surface area contributed by atoms with E-state index in [9.17, 15) is 8.78 Å². The number of nitrogens with zero attached hydrogens (tertiary/aromatic N) is 1. The molecule has 0 aliphatic carbocycles. The fourth-order valence-corrected chi connectivity index (χ4v) is 2.13. The van der Waals surface area contributed by atoms with E-state index >= 15 is 0 Å². The monoisotopic (exact) mass is 349 g/mol. The number of nitrogens with one attached hydrogen (secondary N) is 2. The third-order valence-corrected chi connectivity index (χ3v) is 3.34. The molecule has 7 heteroatoms. The molecule has 0 unspecified atom stereocenters. The molecule has 0 atom stereocenters. The van der Waals surface area contributed by atoms with Gasteiger partial charge in [0.1, 0.15) is 5.75 Å². The maximum absolute atomic E-state index is 12.4. The molecule has 126 valence electrons. The van der Waals surface area contributed by atoms with Gasteiger partial charge in [-0.3, -0.25) is 5.43 Å². The number of benzene rings is 2. The fraction of sp³-hybridized carbons (Fsp3) is 0.176. The van der Waals surface area contributed by atoms with Gasteiger partial charge in [0.05, 0.1) is 6.21 Å². The summed E-state index contributed by atoms with van der Waals surface area (Å²) in [7, 11) is 0. The minimum atomic E-state index is -2.89. The number of anilines is 1. The summed E-state index contributed by atoms with van der Waals surface area (Å²) in [5, 5.41) is 7.29. The molecule has 0 aliphatic rings. The topological polar surface area (TPSA) is 45.7 Å². The molecule has 0 fully saturated rings. The first-order valence-corrected chi connectivity index (χ1v) is 7.57. The number of rotatable bonds is 5. The number of thiocarbonyl (C=S) groups is 1. The van der Waals surface area contributed by atoms with E-state index in [-0.39, 0.29) is 5.75 Å². The highest BCUT2D eigenvalue weighted by atomic mass is 32.1. The van der Waals surface area contributed by atoms with Gasteiger partial charge in [-0.15, -0.1) is 0 Å². The van der Waals surface area contributed by atoms with Crippen molar-refractivity contribution in [2.24, 2.45) is 5.10 Å². The summed E-state index contributed by atoms with van der Waals surface area (Å²) in [6, 6.07) is 12.3. The Kier molecular flexibility index (Phi) is 6.20. The number of alkyl halides is 2. The van der Waals surface area contributed by atoms with Crippen LogP contribution in [-0.2, 0) is 0 Å². The van der Waals surface area contributed by atoms with Crippen LogP contribution in [-0.4, -0.2) is 17.9 Å². The zero-order valence-corrected chi connectivity index (χ0v) is 14.0. The van der Waals surface area contributed by atoms with Crippen molar-refractivity contribution < 1.29 is 13.5 Å². The molecule has 0 spiro atoms. The Labute approximate surface area is 144 Å². The zero-order chi connectivity index (χ0) is 17.5. The lowest BCUT2D eigenvalue weighted by molar-refractivity contribution is -0.0499. The lowest BCUT2D eigenvalue weighted by Crippen LogP contribution is -2.24. The van der Waals surface area contributed by atoms with Gasteiger partial charge >= 0.3 is 6.61 Å². The summed E-state index contributed by atoms with van der Waals surface area (Å²) in [4.78, 5) is 0. The lowest BCUT2D eigenvalue weighted by atomic mass is 10.1. The quantitative estimate of drug-likeness (QED) is 0.482. The van der Waals surface area contributed by atoms with Crippen LogP contribution in [0, 0.1) is 13.8 Å². The first kappa shape index (κ1) is 17.8. The highest BCUT2D eigenvalue weighted by Gasteiger charge is 2.07. The van der Waals surface area contributed by atoms with Gasteiger partial charge < -0.3 is 10.1 Å². The van der Waals surface area contributed by atoms with Gasteiger partial charge in [-0.25, -0.2) is 0 Å². The van der Waals surface area contributed by atoms with Crippen molar-refractivity contribution in [3.8, 4) is 5.75 Å². The largest absolute Gasteiger partial charge is 0.434 e. The maximum Gasteiger partial charge on any atom is 0.387 e. The Morgan fingerprint density at radius 2 is 1.96 bits per heavy atom. The number of hydrazone groups is 1. The summed E-state index contributed by atoms with van der Waals surface area (Å²) in [6.45, 7) is 1.06. The molecule has 0 saturated carbocycles. The molecule has 24 heavy (non-hydrogen) atoms. The van der Waals surface area contributed by atoms with Crippen molar-refractivity contribution in [1.29, 1.82) is 0 Å². The molecule has 0 heterocycles. The Morgan fingerprint density at radius 1 is 1.21 bits per heavy atom. The van der Waals surface area contributed by atoms with Gasteiger partial charge in [0.15, 0.2) is 5.11 Å². The second-order valence-electron chi connectivity index (χ2n) is 5.06. The number of hydrogen-bond acceptors (Lipinski definition) is 3. The van der Waals surface area contributed by atoms with E-state index in [1.807, 2.05) is 32.0 Å². The summed E-state index contributed by atoms with van der Waals surface area (Å²) in [6.07, 6.45) is 1.37. The van der Waals surface area contributed by atoms with Crippen LogP contribution >= 0.6 is 12.2 Å². The van der Waals surface area contributed by atoms with E-state index in [0.717, 1.165) is 16.8 Å². The summed E-state index contributed by atoms with van der Waals surface area (Å²) in [5.74, 6) is 0.0476. The normalized spacial score (nSPS) is 10.9. The number of aryl methyl sites for hydroxylation is 2. The molecule has 2 aromatic rings. The first-order chi connectivity index (χ1) is 11.5. The molecular weight excluding hydrogens is 332 g/mol. The van der Waals surface area contributed by atoms with Crippen molar-refractivity contribution in [2.45, 2.75) is 20.5 Å². The number of para-hydroxylation sites is 1. The Morgan fingerprint density at radius 3 is 2.71 bits per heavy atom. The molecule has 2 aromatic carbocycles. The van der Waals surface area contributed by atoms with Crippen LogP contribution in [0.2, 0.25) is 0 Å². The second-order valence-corrected chi connectivity index (χ2v) is 5.47. The van der Waals surface area contributed by atoms with Crippen LogP contribution in [0.25, 0.3) is 0 Å². The summed E-state index contributed by atoms with van der Waals surface area (Å²) in [5.41, 5.74) is 6.10. The van der Waals surface area contributed by atoms with Crippen LogP contribution in [0.3, 0.4) is 0 Å². The van der Waals surface area contributed by atoms with Crippen LogP contribution in [0.5, 0.6) is 5.75 Å². The zero-order valence-electron chi connectivity index (χ0n) is 13.2. The van der Waals surface area contributed by atoms with E-state index in [4.69, 9.17) is 12.2 Å². The van der Waals surface area contributed by atoms with Gasteiger partial charge in [-0.1, -0.05) is 24.3 Å². The van der Waals surface area contributed by atoms with Gasteiger partial charge in [-0.05, 0) is 55.4 Å². The Bertz CT molecular complexity index is 750. The Hall–Kier alpha value is -2.54. The second kappa shape index (κ2) is 8.35. The molecule has 0 saturated heterocycles. The number of halogens is 2. The van der Waals surface area contributed by atoms with Crippen molar-refractivity contribution in [2.75, 3.05) is 5.32 Å². The predicted molar refractivity (Wildman–Crippen MR) is 95.9 cm³/mol. The third kappa shape index (κ3) is 5.27. The molecular formula is C17H17F2N3OS. The van der Waals surface area contributed by atoms with E-state index in [2.05, 4.69) is 20.6 Å². The number of ether oxygens (including phenoxy) is 1. The van der Waals surface area contributed by atoms with E-state index in [1.54, 1.807) is 18.2 Å². The van der Waals surface area contributed by atoms with Crippen LogP contribution in [0.15, 0.2) is 47.6 Å². The average Bonchev–Trinajstić information content (AvgIpc) is 2.52. The van der Waals surface area contributed by atoms with E-state index < -0.39 is 6.61 Å². The van der Waals surface area contributed by atoms with Crippen LogP contribution < -0.4 is 15.5 Å². The van der Waals surface area contributed by atoms with E-state index in [0.29, 0.717) is 10.7 Å². The molecule has 0 bridgehead atoms. The summed E-state index contributed by atoms with van der Waals surface area (Å²) >= 11 is 5.17. The predicted octanol–water partition coefficient (Wildman–Crippen LogP) is 4.23. The van der Waals surface area contributed by atoms with Crippen molar-refractivity contribution in [3.05, 3.63) is 59.2 Å². The summed E-state index contributed by atoms with van der Waals surface area (Å²) < 4.78 is 29.1. The molecule has 0 aromatic heterocycles. The maximum atomic E-state index is 12.4. The lowest BCUT2D eigenvalue weighted by Gasteiger charge is -2.11. The van der Waals surface area contributed by atoms with Gasteiger partial charge in [0.25, 0.3) is 0 Å². The molecule has 4 nitrogen and oxygen atoms in total. The molecule has 0 aliphatic heterocycles. The smallest absolute Gasteiger partial charge is 0.387 e. The van der Waals surface area contributed by atoms with Gasteiger partial charge in [0, 0.05) is 11.3 Å². The van der Waals surface area contributed by atoms with Gasteiger partial charge in [0.2, 0.25) is 0 Å². The average molecular weight is 349 g/mol. The van der Waals surface area contributed by atoms with Crippen molar-refractivity contribution in [3.63, 3.8) is 0 Å².